The van der Waals surface area contributed by atoms with Crippen LogP contribution in [0.4, 0.5) is 5.69 Å². The second-order valence-corrected chi connectivity index (χ2v) is 6.15. The van der Waals surface area contributed by atoms with Crippen molar-refractivity contribution in [1.82, 2.24) is 14.7 Å². The Morgan fingerprint density at radius 1 is 1.32 bits per heavy atom. The van der Waals surface area contributed by atoms with Crippen LogP contribution < -0.4 is 0 Å². The summed E-state index contributed by atoms with van der Waals surface area (Å²) in [5, 5.41) is 14.9. The van der Waals surface area contributed by atoms with E-state index in [0.29, 0.717) is 13.1 Å². The molecule has 2 heterocycles. The molecule has 1 fully saturated rings. The maximum atomic E-state index is 12.1. The smallest absolute Gasteiger partial charge is 0.328 e. The van der Waals surface area contributed by atoms with Gasteiger partial charge in [-0.05, 0) is 27.7 Å². The van der Waals surface area contributed by atoms with E-state index in [1.165, 1.54) is 18.5 Å². The Morgan fingerprint density at radius 3 is 2.44 bits per heavy atom. The number of carbonyl (C=O) groups excluding carboxylic acids is 2. The molecule has 10 heteroatoms. The van der Waals surface area contributed by atoms with Gasteiger partial charge in [0.1, 0.15) is 17.9 Å². The summed E-state index contributed by atoms with van der Waals surface area (Å²) in [6.45, 7) is 6.98. The Bertz CT molecular complexity index is 676. The minimum atomic E-state index is -0.678. The van der Waals surface area contributed by atoms with E-state index < -0.39 is 10.9 Å². The van der Waals surface area contributed by atoms with Crippen LogP contribution in [0.1, 0.15) is 25.2 Å². The van der Waals surface area contributed by atoms with Gasteiger partial charge in [0.05, 0.1) is 17.1 Å². The van der Waals surface area contributed by atoms with E-state index in [4.69, 9.17) is 9.47 Å². The Balaban J connectivity index is 1.90. The molecule has 0 saturated carbocycles. The standard InChI is InChI=1S/C15H22N4O6/c1-9-5-17(6-10(2)25-9)13(20)8-24-14(21)7-18-12(4)15(19(22)23)11(3)16-18/h9-10H,5-8H2,1-4H3/t9-,10-/m1/s1. The number of aryl methyl sites for hydroxylation is 1. The topological polar surface area (TPSA) is 117 Å². The monoisotopic (exact) mass is 354 g/mol. The molecule has 1 aliphatic heterocycles. The highest BCUT2D eigenvalue weighted by Crippen LogP contribution is 2.21. The van der Waals surface area contributed by atoms with Crippen LogP contribution in [-0.2, 0) is 25.6 Å². The summed E-state index contributed by atoms with van der Waals surface area (Å²) in [7, 11) is 0. The van der Waals surface area contributed by atoms with Gasteiger partial charge >= 0.3 is 11.7 Å². The van der Waals surface area contributed by atoms with Crippen molar-refractivity contribution in [2.75, 3.05) is 19.7 Å². The summed E-state index contributed by atoms with van der Waals surface area (Å²) in [5.41, 5.74) is 0.365. The lowest BCUT2D eigenvalue weighted by molar-refractivity contribution is -0.386. The van der Waals surface area contributed by atoms with Crippen molar-refractivity contribution in [3.8, 4) is 0 Å². The molecule has 1 aromatic heterocycles. The number of ether oxygens (including phenoxy) is 2. The molecule has 0 radical (unpaired) electrons. The van der Waals surface area contributed by atoms with Gasteiger partial charge in [0.2, 0.25) is 0 Å². The Kier molecular flexibility index (Phi) is 5.73. The third kappa shape index (κ3) is 4.53. The highest BCUT2D eigenvalue weighted by atomic mass is 16.6. The number of morpholine rings is 1. The van der Waals surface area contributed by atoms with Crippen molar-refractivity contribution >= 4 is 17.6 Å². The van der Waals surface area contributed by atoms with Crippen LogP contribution in [0.15, 0.2) is 0 Å². The number of esters is 1. The van der Waals surface area contributed by atoms with Gasteiger partial charge in [-0.3, -0.25) is 24.4 Å². The number of nitrogens with zero attached hydrogens (tertiary/aromatic N) is 4. The largest absolute Gasteiger partial charge is 0.454 e. The fourth-order valence-electron chi connectivity index (χ4n) is 2.89. The van der Waals surface area contributed by atoms with Gasteiger partial charge in [0.25, 0.3) is 5.91 Å². The van der Waals surface area contributed by atoms with Crippen molar-refractivity contribution in [2.24, 2.45) is 0 Å². The first kappa shape index (κ1) is 18.8. The second kappa shape index (κ2) is 7.60. The van der Waals surface area contributed by atoms with E-state index in [1.54, 1.807) is 4.90 Å². The summed E-state index contributed by atoms with van der Waals surface area (Å²) in [6.07, 6.45) is -0.141. The van der Waals surface area contributed by atoms with Gasteiger partial charge in [-0.1, -0.05) is 0 Å². The maximum absolute atomic E-state index is 12.1. The Labute approximate surface area is 144 Å². The van der Waals surface area contributed by atoms with Crippen molar-refractivity contribution in [3.63, 3.8) is 0 Å². The summed E-state index contributed by atoms with van der Waals surface area (Å²) < 4.78 is 11.8. The summed E-state index contributed by atoms with van der Waals surface area (Å²) in [6, 6.07) is 0. The fraction of sp³-hybridized carbons (Fsp3) is 0.667. The van der Waals surface area contributed by atoms with Crippen LogP contribution in [0.5, 0.6) is 0 Å². The molecule has 0 aliphatic carbocycles. The van der Waals surface area contributed by atoms with E-state index in [9.17, 15) is 19.7 Å². The van der Waals surface area contributed by atoms with E-state index in [-0.39, 0.29) is 48.3 Å². The molecule has 1 aliphatic rings. The van der Waals surface area contributed by atoms with Crippen molar-refractivity contribution in [2.45, 2.75) is 46.4 Å². The summed E-state index contributed by atoms with van der Waals surface area (Å²) in [5.74, 6) is -0.974. The van der Waals surface area contributed by atoms with Gasteiger partial charge in [0, 0.05) is 13.1 Å². The highest BCUT2D eigenvalue weighted by molar-refractivity contribution is 5.80. The average Bonchev–Trinajstić information content (AvgIpc) is 2.77. The third-order valence-corrected chi connectivity index (χ3v) is 3.93. The van der Waals surface area contributed by atoms with E-state index in [2.05, 4.69) is 5.10 Å². The zero-order valence-corrected chi connectivity index (χ0v) is 14.7. The molecule has 10 nitrogen and oxygen atoms in total. The zero-order chi connectivity index (χ0) is 18.7. The van der Waals surface area contributed by atoms with Crippen molar-refractivity contribution in [3.05, 3.63) is 21.5 Å². The SMILES string of the molecule is Cc1nn(CC(=O)OCC(=O)N2C[C@@H](C)O[C@H](C)C2)c(C)c1[N+](=O)[O-]. The van der Waals surface area contributed by atoms with E-state index >= 15 is 0 Å². The van der Waals surface area contributed by atoms with Crippen LogP contribution in [0.2, 0.25) is 0 Å². The van der Waals surface area contributed by atoms with Crippen LogP contribution in [0.3, 0.4) is 0 Å². The molecule has 0 aromatic carbocycles. The average molecular weight is 354 g/mol. The number of carbonyl (C=O) groups is 2. The quantitative estimate of drug-likeness (QED) is 0.431. The van der Waals surface area contributed by atoms with Gasteiger partial charge in [-0.2, -0.15) is 5.10 Å². The van der Waals surface area contributed by atoms with E-state index in [1.807, 2.05) is 13.8 Å². The normalized spacial score (nSPS) is 20.4. The number of nitro groups is 1. The Morgan fingerprint density at radius 2 is 1.92 bits per heavy atom. The fourth-order valence-corrected chi connectivity index (χ4v) is 2.89. The second-order valence-electron chi connectivity index (χ2n) is 6.15. The predicted molar refractivity (Wildman–Crippen MR) is 85.9 cm³/mol. The predicted octanol–water partition coefficient (Wildman–Crippen LogP) is 0.587. The summed E-state index contributed by atoms with van der Waals surface area (Å²) in [4.78, 5) is 36.1. The highest BCUT2D eigenvalue weighted by Gasteiger charge is 2.27. The Hall–Kier alpha value is -2.49. The number of hydrogen-bond donors (Lipinski definition) is 0. The first-order valence-corrected chi connectivity index (χ1v) is 7.96. The molecule has 0 unspecified atom stereocenters. The molecule has 1 amide bonds. The minimum absolute atomic E-state index is 0.0707. The van der Waals surface area contributed by atoms with Crippen LogP contribution in [-0.4, -0.2) is 63.4 Å². The molecule has 25 heavy (non-hydrogen) atoms. The lowest BCUT2D eigenvalue weighted by atomic mass is 10.2. The molecule has 2 rings (SSSR count). The maximum Gasteiger partial charge on any atom is 0.328 e. The summed E-state index contributed by atoms with van der Waals surface area (Å²) >= 11 is 0. The number of amides is 1. The first-order valence-electron chi connectivity index (χ1n) is 7.96. The van der Waals surface area contributed by atoms with Gasteiger partial charge in [0.15, 0.2) is 6.61 Å². The first-order chi connectivity index (χ1) is 11.7. The molecule has 2 atom stereocenters. The minimum Gasteiger partial charge on any atom is -0.454 e. The molecule has 1 saturated heterocycles. The number of aromatic nitrogens is 2. The van der Waals surface area contributed by atoms with Crippen molar-refractivity contribution in [1.29, 1.82) is 0 Å². The third-order valence-electron chi connectivity index (χ3n) is 3.93. The zero-order valence-electron chi connectivity index (χ0n) is 14.7. The lowest BCUT2D eigenvalue weighted by Gasteiger charge is -2.35. The van der Waals surface area contributed by atoms with Crippen LogP contribution >= 0.6 is 0 Å². The number of hydrogen-bond acceptors (Lipinski definition) is 7. The van der Waals surface area contributed by atoms with Gasteiger partial charge in [-0.25, -0.2) is 0 Å². The molecular formula is C15H22N4O6. The molecule has 0 bridgehead atoms. The van der Waals surface area contributed by atoms with E-state index in [0.717, 1.165) is 0 Å². The molecule has 1 aromatic rings. The van der Waals surface area contributed by atoms with Crippen LogP contribution in [0.25, 0.3) is 0 Å². The van der Waals surface area contributed by atoms with Crippen molar-refractivity contribution < 1.29 is 24.0 Å². The molecule has 0 N–H and O–H groups in total. The molecule has 138 valence electrons. The number of rotatable bonds is 5. The molecular weight excluding hydrogens is 332 g/mol. The van der Waals surface area contributed by atoms with Gasteiger partial charge in [-0.15, -0.1) is 0 Å². The van der Waals surface area contributed by atoms with Gasteiger partial charge < -0.3 is 14.4 Å². The lowest BCUT2D eigenvalue weighted by Crippen LogP contribution is -2.49. The van der Waals surface area contributed by atoms with Crippen LogP contribution in [0, 0.1) is 24.0 Å². The molecule has 0 spiro atoms.